The van der Waals surface area contributed by atoms with Gasteiger partial charge >= 0.3 is 17.9 Å². The molecule has 3 N–H and O–H groups in total. The Labute approximate surface area is 194 Å². The van der Waals surface area contributed by atoms with Crippen LogP contribution < -0.4 is 16.0 Å². The zero-order valence-electron chi connectivity index (χ0n) is 18.9. The first kappa shape index (κ1) is 23.2. The number of benzene rings is 1. The van der Waals surface area contributed by atoms with E-state index in [0.717, 1.165) is 5.56 Å². The van der Waals surface area contributed by atoms with Crippen LogP contribution >= 0.6 is 0 Å². The number of aromatic amines is 1. The van der Waals surface area contributed by atoms with E-state index in [4.69, 9.17) is 24.7 Å². The largest absolute Gasteiger partial charge is 0.460 e. The summed E-state index contributed by atoms with van der Waals surface area (Å²) in [6.07, 6.45) is -3.14. The van der Waals surface area contributed by atoms with Crippen molar-refractivity contribution in [1.82, 2.24) is 19.5 Å². The molecule has 0 radical (unpaired) electrons. The fourth-order valence-electron chi connectivity index (χ4n) is 3.93. The van der Waals surface area contributed by atoms with Crippen LogP contribution in [0, 0.1) is 0 Å². The van der Waals surface area contributed by atoms with Crippen LogP contribution in [-0.4, -0.2) is 49.8 Å². The van der Waals surface area contributed by atoms with E-state index < -0.39 is 42.0 Å². The van der Waals surface area contributed by atoms with Crippen molar-refractivity contribution in [3.05, 3.63) is 46.2 Å². The summed E-state index contributed by atoms with van der Waals surface area (Å²) in [6.45, 7) is 4.47. The van der Waals surface area contributed by atoms with Crippen LogP contribution in [0.3, 0.4) is 0 Å². The minimum Gasteiger partial charge on any atom is -0.460 e. The number of ether oxygens (including phenoxy) is 4. The highest BCUT2D eigenvalue weighted by Crippen LogP contribution is 2.39. The minimum atomic E-state index is -1.05. The van der Waals surface area contributed by atoms with Crippen LogP contribution in [0.25, 0.3) is 11.2 Å². The maximum atomic E-state index is 12.5. The molecule has 1 saturated heterocycles. The Morgan fingerprint density at radius 1 is 1.12 bits per heavy atom. The van der Waals surface area contributed by atoms with E-state index in [1.807, 2.05) is 37.3 Å². The topological polar surface area (TPSA) is 161 Å². The Hall–Kier alpha value is -3.93. The van der Waals surface area contributed by atoms with Gasteiger partial charge in [0.25, 0.3) is 5.56 Å². The summed E-state index contributed by atoms with van der Waals surface area (Å²) in [5, 5.41) is 0. The number of nitrogens with two attached hydrogens (primary N) is 1. The van der Waals surface area contributed by atoms with Crippen molar-refractivity contribution in [2.75, 3.05) is 5.73 Å². The van der Waals surface area contributed by atoms with Gasteiger partial charge in [0.2, 0.25) is 5.95 Å². The predicted octanol–water partition coefficient (Wildman–Crippen LogP) is 1.45. The molecule has 0 spiro atoms. The number of H-pyrrole nitrogens is 1. The van der Waals surface area contributed by atoms with Gasteiger partial charge < -0.3 is 24.7 Å². The lowest BCUT2D eigenvalue weighted by molar-refractivity contribution is -0.165. The van der Waals surface area contributed by atoms with E-state index in [2.05, 4.69) is 15.0 Å². The number of carbonyl (C=O) groups excluding carboxylic acids is 2. The van der Waals surface area contributed by atoms with Gasteiger partial charge in [0.1, 0.15) is 12.7 Å². The summed E-state index contributed by atoms with van der Waals surface area (Å²) in [5.74, 6) is -1.30. The van der Waals surface area contributed by atoms with Crippen LogP contribution in [0.5, 0.6) is 6.01 Å². The first-order valence-electron chi connectivity index (χ1n) is 10.7. The van der Waals surface area contributed by atoms with Crippen LogP contribution in [-0.2, 0) is 30.4 Å². The molecular formula is C22H25N5O7. The summed E-state index contributed by atoms with van der Waals surface area (Å²) in [7, 11) is 0. The zero-order valence-corrected chi connectivity index (χ0v) is 18.9. The summed E-state index contributed by atoms with van der Waals surface area (Å²) >= 11 is 0. The van der Waals surface area contributed by atoms with Gasteiger partial charge in [0.15, 0.2) is 29.6 Å². The Morgan fingerprint density at radius 2 is 1.79 bits per heavy atom. The van der Waals surface area contributed by atoms with Crippen LogP contribution in [0.2, 0.25) is 0 Å². The van der Waals surface area contributed by atoms with Gasteiger partial charge in [-0.25, -0.2) is 4.57 Å². The van der Waals surface area contributed by atoms with Gasteiger partial charge in [0, 0.05) is 13.8 Å². The van der Waals surface area contributed by atoms with Gasteiger partial charge in [0.05, 0.1) is 0 Å². The molecule has 12 heteroatoms. The first-order valence-corrected chi connectivity index (χ1v) is 10.7. The third-order valence-electron chi connectivity index (χ3n) is 5.29. The number of esters is 2. The van der Waals surface area contributed by atoms with E-state index in [1.165, 1.54) is 18.4 Å². The number of rotatable bonds is 7. The monoisotopic (exact) mass is 471 g/mol. The van der Waals surface area contributed by atoms with E-state index in [0.29, 0.717) is 6.42 Å². The molecule has 180 valence electrons. The van der Waals surface area contributed by atoms with E-state index >= 15 is 0 Å². The third-order valence-corrected chi connectivity index (χ3v) is 5.29. The maximum absolute atomic E-state index is 12.5. The molecule has 3 heterocycles. The number of anilines is 1. The van der Waals surface area contributed by atoms with Crippen molar-refractivity contribution in [2.45, 2.75) is 58.3 Å². The Balaban J connectivity index is 1.83. The molecule has 1 fully saturated rings. The SMILES string of the molecule is CC[C@H]1O[C@@H](n2c(OCc3ccccc3)nc3c(=O)[nH]c(N)nc32)[C@H](OC(C)=O)[C@H]1OC(C)=O. The molecule has 0 bridgehead atoms. The van der Waals surface area contributed by atoms with Crippen LogP contribution in [0.1, 0.15) is 39.0 Å². The number of aromatic nitrogens is 4. The number of fused-ring (bicyclic) bond motifs is 1. The van der Waals surface area contributed by atoms with Gasteiger partial charge in [-0.15, -0.1) is 0 Å². The summed E-state index contributed by atoms with van der Waals surface area (Å²) in [4.78, 5) is 47.2. The normalized spacial score (nSPS) is 22.0. The van der Waals surface area contributed by atoms with Gasteiger partial charge in [-0.05, 0) is 12.0 Å². The Kier molecular flexibility index (Phi) is 6.50. The molecule has 1 aliphatic heterocycles. The molecular weight excluding hydrogens is 446 g/mol. The molecule has 0 unspecified atom stereocenters. The smallest absolute Gasteiger partial charge is 0.303 e. The average Bonchev–Trinajstić information content (AvgIpc) is 3.30. The van der Waals surface area contributed by atoms with Crippen LogP contribution in [0.15, 0.2) is 35.1 Å². The number of imidazole rings is 1. The molecule has 0 saturated carbocycles. The second-order valence-corrected chi connectivity index (χ2v) is 7.78. The highest BCUT2D eigenvalue weighted by Gasteiger charge is 2.50. The average molecular weight is 471 g/mol. The van der Waals surface area contributed by atoms with Gasteiger partial charge in [-0.1, -0.05) is 37.3 Å². The van der Waals surface area contributed by atoms with Crippen molar-refractivity contribution in [3.63, 3.8) is 0 Å². The molecule has 34 heavy (non-hydrogen) atoms. The number of hydrogen-bond acceptors (Lipinski definition) is 10. The number of hydrogen-bond donors (Lipinski definition) is 2. The van der Waals surface area contributed by atoms with Gasteiger partial charge in [-0.2, -0.15) is 9.97 Å². The lowest BCUT2D eigenvalue weighted by Crippen LogP contribution is -2.38. The molecule has 4 rings (SSSR count). The zero-order chi connectivity index (χ0) is 24.4. The molecule has 0 amide bonds. The lowest BCUT2D eigenvalue weighted by atomic mass is 10.1. The second-order valence-electron chi connectivity index (χ2n) is 7.78. The summed E-state index contributed by atoms with van der Waals surface area (Å²) < 4.78 is 24.5. The molecule has 12 nitrogen and oxygen atoms in total. The van der Waals surface area contributed by atoms with Crippen LogP contribution in [0.4, 0.5) is 5.95 Å². The third kappa shape index (κ3) is 4.57. The second kappa shape index (κ2) is 9.51. The van der Waals surface area contributed by atoms with E-state index in [9.17, 15) is 14.4 Å². The highest BCUT2D eigenvalue weighted by molar-refractivity contribution is 5.73. The fourth-order valence-corrected chi connectivity index (χ4v) is 3.93. The number of carbonyl (C=O) groups is 2. The summed E-state index contributed by atoms with van der Waals surface area (Å²) in [5.41, 5.74) is 6.11. The maximum Gasteiger partial charge on any atom is 0.303 e. The van der Waals surface area contributed by atoms with E-state index in [-0.39, 0.29) is 29.7 Å². The molecule has 1 aliphatic rings. The quantitative estimate of drug-likeness (QED) is 0.483. The van der Waals surface area contributed by atoms with E-state index in [1.54, 1.807) is 0 Å². The molecule has 3 aromatic rings. The van der Waals surface area contributed by atoms with Crippen molar-refractivity contribution in [2.24, 2.45) is 0 Å². The number of nitrogens with zero attached hydrogens (tertiary/aromatic N) is 3. The van der Waals surface area contributed by atoms with Gasteiger partial charge in [-0.3, -0.25) is 19.4 Å². The minimum absolute atomic E-state index is 0.00272. The fraction of sp³-hybridized carbons (Fsp3) is 0.409. The highest BCUT2D eigenvalue weighted by atomic mass is 16.6. The molecule has 2 aromatic heterocycles. The Morgan fingerprint density at radius 3 is 2.44 bits per heavy atom. The van der Waals surface area contributed by atoms with Crippen molar-refractivity contribution in [3.8, 4) is 6.01 Å². The molecule has 0 aliphatic carbocycles. The molecule has 4 atom stereocenters. The standard InChI is InChI=1S/C22H25N5O7/c1-4-14-16(32-11(2)28)17(33-12(3)29)20(34-14)27-18-15(19(30)26-21(23)25-18)24-22(27)31-10-13-8-6-5-7-9-13/h5-9,14,16-17,20H,4,10H2,1-3H3,(H3,23,25,26,30)/t14-,16+,17-,20-/m1/s1. The van der Waals surface area contributed by atoms with Crippen molar-refractivity contribution >= 4 is 29.1 Å². The Bertz CT molecular complexity index is 1260. The van der Waals surface area contributed by atoms with Crippen molar-refractivity contribution < 1.29 is 28.5 Å². The lowest BCUT2D eigenvalue weighted by Gasteiger charge is -2.24. The predicted molar refractivity (Wildman–Crippen MR) is 119 cm³/mol. The molecule has 1 aromatic carbocycles. The number of nitrogens with one attached hydrogen (secondary N) is 1. The van der Waals surface area contributed by atoms with Crippen molar-refractivity contribution in [1.29, 1.82) is 0 Å². The number of nitrogen functional groups attached to an aromatic ring is 1. The first-order chi connectivity index (χ1) is 16.3. The summed E-state index contributed by atoms with van der Waals surface area (Å²) in [6, 6.07) is 9.34.